The van der Waals surface area contributed by atoms with Gasteiger partial charge in [0.2, 0.25) is 5.91 Å². The van der Waals surface area contributed by atoms with E-state index in [4.69, 9.17) is 10.1 Å². The van der Waals surface area contributed by atoms with Crippen LogP contribution in [-0.2, 0) is 44.2 Å². The predicted molar refractivity (Wildman–Crippen MR) is 149 cm³/mol. The molecule has 204 valence electrons. The fraction of sp³-hybridized carbons (Fsp3) is 0.310. The van der Waals surface area contributed by atoms with Crippen molar-refractivity contribution in [2.45, 2.75) is 32.4 Å². The predicted octanol–water partition coefficient (Wildman–Crippen LogP) is 2.37. The zero-order valence-electron chi connectivity index (χ0n) is 22.8. The minimum absolute atomic E-state index is 0.0129. The third kappa shape index (κ3) is 4.91. The highest BCUT2D eigenvalue weighted by Crippen LogP contribution is 2.39. The molecule has 0 spiro atoms. The molecule has 0 bridgehead atoms. The molecular weight excluding hydrogens is 506 g/mol. The van der Waals surface area contributed by atoms with Crippen molar-refractivity contribution in [2.75, 3.05) is 20.7 Å². The fourth-order valence-electron chi connectivity index (χ4n) is 5.10. The van der Waals surface area contributed by atoms with Gasteiger partial charge in [-0.2, -0.15) is 15.3 Å². The van der Waals surface area contributed by atoms with Gasteiger partial charge in [0.15, 0.2) is 0 Å². The van der Waals surface area contributed by atoms with Gasteiger partial charge in [-0.3, -0.25) is 18.8 Å². The van der Waals surface area contributed by atoms with Crippen LogP contribution in [0.25, 0.3) is 33.6 Å². The molecule has 0 saturated carbocycles. The van der Waals surface area contributed by atoms with Gasteiger partial charge in [-0.1, -0.05) is 24.3 Å². The largest absolute Gasteiger partial charge is 0.394 e. The van der Waals surface area contributed by atoms with Gasteiger partial charge in [0.1, 0.15) is 12.4 Å². The van der Waals surface area contributed by atoms with Gasteiger partial charge in [0.05, 0.1) is 48.5 Å². The van der Waals surface area contributed by atoms with E-state index < -0.39 is 0 Å². The van der Waals surface area contributed by atoms with Crippen molar-refractivity contribution < 1.29 is 9.90 Å². The Morgan fingerprint density at radius 3 is 2.58 bits per heavy atom. The van der Waals surface area contributed by atoms with Crippen LogP contribution in [0.2, 0.25) is 0 Å². The first-order valence-electron chi connectivity index (χ1n) is 13.3. The average molecular weight is 538 g/mol. The highest BCUT2D eigenvalue weighted by molar-refractivity contribution is 5.84. The minimum atomic E-state index is -0.0129. The fourth-order valence-corrected chi connectivity index (χ4v) is 5.10. The summed E-state index contributed by atoms with van der Waals surface area (Å²) in [6.45, 7) is 0.726. The second kappa shape index (κ2) is 10.5. The first-order valence-corrected chi connectivity index (χ1v) is 13.3. The number of amides is 1. The van der Waals surface area contributed by atoms with Crippen molar-refractivity contribution in [3.63, 3.8) is 0 Å². The number of aliphatic hydroxyl groups is 1. The van der Waals surface area contributed by atoms with Crippen molar-refractivity contribution in [3.8, 4) is 33.6 Å². The lowest BCUT2D eigenvalue weighted by Gasteiger charge is -2.16. The third-order valence-corrected chi connectivity index (χ3v) is 7.19. The van der Waals surface area contributed by atoms with Crippen LogP contribution >= 0.6 is 0 Å². The number of carbonyl (C=O) groups excluding carboxylic acids is 1. The van der Waals surface area contributed by atoms with Crippen LogP contribution in [0.15, 0.2) is 55.1 Å². The zero-order chi connectivity index (χ0) is 27.8. The first-order chi connectivity index (χ1) is 19.4. The van der Waals surface area contributed by atoms with Crippen molar-refractivity contribution in [2.24, 2.45) is 7.05 Å². The quantitative estimate of drug-likeness (QED) is 0.323. The molecule has 0 unspecified atom stereocenters. The summed E-state index contributed by atoms with van der Waals surface area (Å²) in [4.78, 5) is 23.3. The Hall–Kier alpha value is -4.64. The molecule has 0 atom stereocenters. The van der Waals surface area contributed by atoms with Gasteiger partial charge in [-0.05, 0) is 30.0 Å². The molecule has 6 rings (SSSR count). The summed E-state index contributed by atoms with van der Waals surface area (Å²) < 4.78 is 5.33. The number of benzene rings is 1. The number of aliphatic hydroxyl groups excluding tert-OH is 1. The molecule has 0 aliphatic heterocycles. The summed E-state index contributed by atoms with van der Waals surface area (Å²) in [5, 5.41) is 22.9. The Morgan fingerprint density at radius 2 is 1.80 bits per heavy atom. The maximum Gasteiger partial charge on any atom is 0.243 e. The van der Waals surface area contributed by atoms with E-state index in [-0.39, 0.29) is 19.1 Å². The number of likely N-dealkylation sites (N-methyl/N-ethyl adjacent to an activating group) is 1. The smallest absolute Gasteiger partial charge is 0.243 e. The molecule has 4 heterocycles. The average Bonchev–Trinajstić information content (AvgIpc) is 3.67. The summed E-state index contributed by atoms with van der Waals surface area (Å²) in [6, 6.07) is 10.3. The Morgan fingerprint density at radius 1 is 1.00 bits per heavy atom. The minimum Gasteiger partial charge on any atom is -0.394 e. The van der Waals surface area contributed by atoms with Gasteiger partial charge in [0, 0.05) is 56.4 Å². The van der Waals surface area contributed by atoms with Gasteiger partial charge in [-0.15, -0.1) is 0 Å². The van der Waals surface area contributed by atoms with Crippen molar-refractivity contribution in [1.29, 1.82) is 0 Å². The molecule has 1 aliphatic carbocycles. The van der Waals surface area contributed by atoms with Crippen molar-refractivity contribution in [1.82, 2.24) is 44.2 Å². The maximum atomic E-state index is 12.0. The van der Waals surface area contributed by atoms with Crippen molar-refractivity contribution >= 4 is 5.91 Å². The monoisotopic (exact) mass is 537 g/mol. The highest BCUT2D eigenvalue weighted by Gasteiger charge is 2.27. The first kappa shape index (κ1) is 25.6. The SMILES string of the molecule is CN(C)C(=O)Cn1ccc(Cc2ncc3c(n2)-c2c(nn(C)c2-c2ccc(-c4cnn(CCO)c4)cc2)CC3)n1. The topological polar surface area (TPSA) is 120 Å². The van der Waals surface area contributed by atoms with Gasteiger partial charge >= 0.3 is 0 Å². The number of rotatable bonds is 8. The van der Waals surface area contributed by atoms with Crippen molar-refractivity contribution in [3.05, 3.63) is 77.9 Å². The third-order valence-electron chi connectivity index (χ3n) is 7.19. The van der Waals surface area contributed by atoms with E-state index in [1.807, 2.05) is 42.6 Å². The van der Waals surface area contributed by atoms with Crippen LogP contribution < -0.4 is 0 Å². The number of aromatic nitrogens is 8. The van der Waals surface area contributed by atoms with Crippen LogP contribution in [-0.4, -0.2) is 75.9 Å². The molecule has 1 aromatic carbocycles. The molecule has 1 N–H and O–H groups in total. The van der Waals surface area contributed by atoms with E-state index in [9.17, 15) is 9.90 Å². The molecule has 40 heavy (non-hydrogen) atoms. The molecule has 11 heteroatoms. The summed E-state index contributed by atoms with van der Waals surface area (Å²) in [5.41, 5.74) is 9.07. The van der Waals surface area contributed by atoms with Crippen LogP contribution in [0.5, 0.6) is 0 Å². The Balaban J connectivity index is 1.29. The molecule has 4 aromatic heterocycles. The van der Waals surface area contributed by atoms with Gasteiger partial charge in [0.25, 0.3) is 0 Å². The van der Waals surface area contributed by atoms with Gasteiger partial charge < -0.3 is 10.0 Å². The van der Waals surface area contributed by atoms with Gasteiger partial charge in [-0.25, -0.2) is 9.97 Å². The summed E-state index contributed by atoms with van der Waals surface area (Å²) in [6.07, 6.45) is 9.65. The van der Waals surface area contributed by atoms with E-state index in [1.165, 1.54) is 0 Å². The van der Waals surface area contributed by atoms with E-state index >= 15 is 0 Å². The number of nitrogens with zero attached hydrogens (tertiary/aromatic N) is 9. The van der Waals surface area contributed by atoms with E-state index in [0.717, 1.165) is 63.4 Å². The molecule has 11 nitrogen and oxygen atoms in total. The number of hydrogen-bond donors (Lipinski definition) is 1. The zero-order valence-corrected chi connectivity index (χ0v) is 22.8. The maximum absolute atomic E-state index is 12.0. The summed E-state index contributed by atoms with van der Waals surface area (Å²) >= 11 is 0. The molecule has 0 radical (unpaired) electrons. The van der Waals surface area contributed by atoms with E-state index in [1.54, 1.807) is 28.4 Å². The van der Waals surface area contributed by atoms with Crippen LogP contribution in [0.3, 0.4) is 0 Å². The molecule has 1 aliphatic rings. The number of aryl methyl sites for hydroxylation is 3. The molecule has 0 fully saturated rings. The Bertz CT molecular complexity index is 1680. The lowest BCUT2D eigenvalue weighted by molar-refractivity contribution is -0.129. The lowest BCUT2D eigenvalue weighted by Crippen LogP contribution is -2.26. The molecule has 1 amide bonds. The summed E-state index contributed by atoms with van der Waals surface area (Å²) in [5.74, 6) is 0.668. The normalized spacial score (nSPS) is 12.3. The number of fused-ring (bicyclic) bond motifs is 3. The Labute approximate surface area is 231 Å². The van der Waals surface area contributed by atoms with Crippen LogP contribution in [0.1, 0.15) is 22.8 Å². The number of hydrogen-bond acceptors (Lipinski definition) is 7. The molecule has 0 saturated heterocycles. The standard InChI is InChI=1S/C29H31N9O2/c1-35(2)26(40)18-38-11-10-23(33-38)14-25-30-15-21-8-9-24-27(28(21)32-25)29(36(3)34-24)20-6-4-19(5-7-20)22-16-31-37(17-22)12-13-39/h4-7,10-11,15-17,39H,8-9,12-14,18H2,1-3H3. The number of carbonyl (C=O) groups is 1. The second-order valence-electron chi connectivity index (χ2n) is 10.2. The lowest BCUT2D eigenvalue weighted by atomic mass is 9.91. The van der Waals surface area contributed by atoms with Crippen LogP contribution in [0, 0.1) is 0 Å². The second-order valence-corrected chi connectivity index (χ2v) is 10.2. The Kier molecular flexibility index (Phi) is 6.72. The van der Waals surface area contributed by atoms with E-state index in [0.29, 0.717) is 18.8 Å². The molecule has 5 aromatic rings. The highest BCUT2D eigenvalue weighted by atomic mass is 16.3. The van der Waals surface area contributed by atoms with E-state index in [2.05, 4.69) is 39.4 Å². The molecular formula is C29H31N9O2. The summed E-state index contributed by atoms with van der Waals surface area (Å²) in [7, 11) is 5.45. The van der Waals surface area contributed by atoms with Crippen LogP contribution in [0.4, 0.5) is 0 Å².